The second-order valence-electron chi connectivity index (χ2n) is 3.29. The molecule has 1 unspecified atom stereocenters. The Bertz CT molecular complexity index is 591. The number of methoxy groups -OCH3 is 1. The van der Waals surface area contributed by atoms with E-state index >= 15 is 0 Å². The Hall–Kier alpha value is -1.73. The van der Waals surface area contributed by atoms with Gasteiger partial charge in [-0.1, -0.05) is 0 Å². The highest BCUT2D eigenvalue weighted by Crippen LogP contribution is 2.31. The molecular weight excluding hydrogens is 274 g/mol. The van der Waals surface area contributed by atoms with Crippen molar-refractivity contribution in [3.63, 3.8) is 0 Å². The Labute approximate surface area is 110 Å². The Morgan fingerprint density at radius 1 is 1.28 bits per heavy atom. The summed E-state index contributed by atoms with van der Waals surface area (Å²) in [7, 11) is 0.00101. The van der Waals surface area contributed by atoms with Gasteiger partial charge >= 0.3 is 0 Å². The van der Waals surface area contributed by atoms with E-state index in [1.54, 1.807) is 29.6 Å². The second-order valence-corrected chi connectivity index (χ2v) is 5.89. The third kappa shape index (κ3) is 2.41. The van der Waals surface area contributed by atoms with E-state index in [-0.39, 0.29) is 9.90 Å². The fourth-order valence-electron chi connectivity index (χ4n) is 1.37. The normalized spacial score (nSPS) is 12.1. The topological polar surface area (TPSA) is 69.4 Å². The maximum Gasteiger partial charge on any atom is 0.296 e. The number of rotatable bonds is 4. The Kier molecular flexibility index (Phi) is 3.73. The van der Waals surface area contributed by atoms with E-state index in [0.717, 1.165) is 11.3 Å². The summed E-state index contributed by atoms with van der Waals surface area (Å²) in [6.45, 7) is 0. The Morgan fingerprint density at radius 2 is 1.94 bits per heavy atom. The number of hydrogen-bond donors (Lipinski definition) is 0. The van der Waals surface area contributed by atoms with E-state index in [1.165, 1.54) is 13.2 Å². The summed E-state index contributed by atoms with van der Waals surface area (Å²) in [5.41, 5.74) is -0.103. The van der Waals surface area contributed by atoms with E-state index < -0.39 is 15.7 Å². The summed E-state index contributed by atoms with van der Waals surface area (Å²) in [6.07, 6.45) is 0. The van der Waals surface area contributed by atoms with Crippen molar-refractivity contribution < 1.29 is 13.9 Å². The number of nitrogens with zero attached hydrogens (tertiary/aromatic N) is 1. The molecule has 1 atom stereocenters. The number of benzene rings is 1. The molecular formula is C11H9NO4S2. The van der Waals surface area contributed by atoms with E-state index in [0.29, 0.717) is 10.6 Å². The molecule has 0 amide bonds. The molecule has 1 heterocycles. The monoisotopic (exact) mass is 283 g/mol. The molecule has 0 aliphatic heterocycles. The number of ether oxygens (including phenoxy) is 1. The van der Waals surface area contributed by atoms with Gasteiger partial charge in [-0.3, -0.25) is 10.1 Å². The highest BCUT2D eigenvalue weighted by atomic mass is 32.2. The van der Waals surface area contributed by atoms with Crippen LogP contribution in [0.2, 0.25) is 0 Å². The predicted octanol–water partition coefficient (Wildman–Crippen LogP) is 2.83. The molecule has 0 bridgehead atoms. The van der Waals surface area contributed by atoms with Crippen LogP contribution in [0, 0.1) is 10.1 Å². The molecule has 2 aromatic rings. The number of nitro groups is 1. The average molecular weight is 283 g/mol. The van der Waals surface area contributed by atoms with Crippen LogP contribution in [0.25, 0.3) is 0 Å². The van der Waals surface area contributed by atoms with Crippen molar-refractivity contribution in [3.05, 3.63) is 45.8 Å². The molecule has 0 saturated heterocycles. The zero-order valence-corrected chi connectivity index (χ0v) is 11.0. The summed E-state index contributed by atoms with van der Waals surface area (Å²) < 4.78 is 17.5. The third-order valence-corrected chi connectivity index (χ3v) is 4.93. The SMILES string of the molecule is COc1ccc(S(=O)c2sccc2[N+](=O)[O-])cc1. The molecule has 2 rings (SSSR count). The minimum absolute atomic E-state index is 0.103. The van der Waals surface area contributed by atoms with Crippen LogP contribution < -0.4 is 4.74 Å². The maximum atomic E-state index is 12.2. The zero-order chi connectivity index (χ0) is 13.1. The van der Waals surface area contributed by atoms with E-state index in [1.807, 2.05) is 0 Å². The average Bonchev–Trinajstić information content (AvgIpc) is 2.87. The fourth-order valence-corrected chi connectivity index (χ4v) is 3.69. The van der Waals surface area contributed by atoms with Crippen LogP contribution in [0.5, 0.6) is 5.75 Å². The molecule has 18 heavy (non-hydrogen) atoms. The van der Waals surface area contributed by atoms with Crippen LogP contribution in [-0.4, -0.2) is 16.2 Å². The molecule has 0 radical (unpaired) electrons. The van der Waals surface area contributed by atoms with Crippen molar-refractivity contribution in [1.29, 1.82) is 0 Å². The van der Waals surface area contributed by atoms with Gasteiger partial charge in [0.05, 0.1) is 12.0 Å². The molecule has 0 N–H and O–H groups in total. The molecule has 0 aliphatic carbocycles. The molecule has 94 valence electrons. The van der Waals surface area contributed by atoms with Gasteiger partial charge in [-0.05, 0) is 29.6 Å². The lowest BCUT2D eigenvalue weighted by Crippen LogP contribution is -1.95. The number of thiophene rings is 1. The first-order valence-electron chi connectivity index (χ1n) is 4.91. The lowest BCUT2D eigenvalue weighted by atomic mass is 10.3. The molecule has 1 aromatic carbocycles. The van der Waals surface area contributed by atoms with Gasteiger partial charge in [-0.25, -0.2) is 4.21 Å². The van der Waals surface area contributed by atoms with Crippen molar-refractivity contribution in [2.24, 2.45) is 0 Å². The summed E-state index contributed by atoms with van der Waals surface area (Å²) in [6, 6.07) is 7.98. The molecule has 0 spiro atoms. The van der Waals surface area contributed by atoms with Crippen molar-refractivity contribution >= 4 is 27.8 Å². The van der Waals surface area contributed by atoms with E-state index in [4.69, 9.17) is 4.74 Å². The first-order valence-corrected chi connectivity index (χ1v) is 6.94. The van der Waals surface area contributed by atoms with Crippen LogP contribution in [-0.2, 0) is 10.8 Å². The van der Waals surface area contributed by atoms with Crippen molar-refractivity contribution in [3.8, 4) is 5.75 Å². The maximum absolute atomic E-state index is 12.2. The minimum Gasteiger partial charge on any atom is -0.497 e. The van der Waals surface area contributed by atoms with Crippen LogP contribution >= 0.6 is 11.3 Å². The fraction of sp³-hybridized carbons (Fsp3) is 0.0909. The van der Waals surface area contributed by atoms with Crippen LogP contribution in [0.3, 0.4) is 0 Å². The largest absolute Gasteiger partial charge is 0.497 e. The van der Waals surface area contributed by atoms with Gasteiger partial charge in [0.25, 0.3) is 5.69 Å². The van der Waals surface area contributed by atoms with Crippen LogP contribution in [0.15, 0.2) is 44.8 Å². The third-order valence-electron chi connectivity index (χ3n) is 2.25. The van der Waals surface area contributed by atoms with Gasteiger partial charge in [0.1, 0.15) is 16.5 Å². The van der Waals surface area contributed by atoms with Crippen LogP contribution in [0.4, 0.5) is 5.69 Å². The summed E-state index contributed by atoms with van der Waals surface area (Å²) >= 11 is 1.12. The molecule has 7 heteroatoms. The quantitative estimate of drug-likeness (QED) is 0.639. The highest BCUT2D eigenvalue weighted by Gasteiger charge is 2.21. The summed E-state index contributed by atoms with van der Waals surface area (Å²) in [5, 5.41) is 12.3. The Morgan fingerprint density at radius 3 is 2.50 bits per heavy atom. The van der Waals surface area contributed by atoms with Gasteiger partial charge < -0.3 is 4.74 Å². The Balaban J connectivity index is 2.35. The second kappa shape index (κ2) is 5.28. The van der Waals surface area contributed by atoms with Gasteiger partial charge in [0, 0.05) is 11.0 Å². The molecule has 0 aliphatic rings. The van der Waals surface area contributed by atoms with Gasteiger partial charge in [0.15, 0.2) is 4.21 Å². The molecule has 0 fully saturated rings. The highest BCUT2D eigenvalue weighted by molar-refractivity contribution is 7.87. The van der Waals surface area contributed by atoms with Crippen LogP contribution in [0.1, 0.15) is 0 Å². The first-order chi connectivity index (χ1) is 8.63. The predicted molar refractivity (Wildman–Crippen MR) is 68.6 cm³/mol. The van der Waals surface area contributed by atoms with Gasteiger partial charge in [-0.15, -0.1) is 11.3 Å². The van der Waals surface area contributed by atoms with Gasteiger partial charge in [-0.2, -0.15) is 0 Å². The molecule has 1 aromatic heterocycles. The van der Waals surface area contributed by atoms with Gasteiger partial charge in [0.2, 0.25) is 0 Å². The molecule has 5 nitrogen and oxygen atoms in total. The zero-order valence-electron chi connectivity index (χ0n) is 9.36. The lowest BCUT2D eigenvalue weighted by Gasteiger charge is -2.02. The van der Waals surface area contributed by atoms with Crippen molar-refractivity contribution in [2.75, 3.05) is 7.11 Å². The first kappa shape index (κ1) is 12.7. The lowest BCUT2D eigenvalue weighted by molar-refractivity contribution is -0.387. The van der Waals surface area contributed by atoms with E-state index in [2.05, 4.69) is 0 Å². The smallest absolute Gasteiger partial charge is 0.296 e. The van der Waals surface area contributed by atoms with E-state index in [9.17, 15) is 14.3 Å². The summed E-state index contributed by atoms with van der Waals surface area (Å²) in [4.78, 5) is 10.8. The summed E-state index contributed by atoms with van der Waals surface area (Å²) in [5.74, 6) is 0.649. The molecule has 0 saturated carbocycles. The number of hydrogen-bond acceptors (Lipinski definition) is 5. The van der Waals surface area contributed by atoms with Crippen molar-refractivity contribution in [2.45, 2.75) is 9.10 Å². The van der Waals surface area contributed by atoms with Crippen molar-refractivity contribution in [1.82, 2.24) is 0 Å². The standard InChI is InChI=1S/C11H9NO4S2/c1-16-8-2-4-9(5-3-8)18(15)11-10(12(13)14)6-7-17-11/h2-7H,1H3. The minimum atomic E-state index is -1.54.